The monoisotopic (exact) mass is 527 g/mol. The van der Waals surface area contributed by atoms with Gasteiger partial charge in [-0.15, -0.1) is 0 Å². The third kappa shape index (κ3) is 6.36. The minimum atomic E-state index is -4.04. The van der Waals surface area contributed by atoms with E-state index in [1.165, 1.54) is 50.4 Å². The summed E-state index contributed by atoms with van der Waals surface area (Å²) in [7, 11) is -4.04. The fourth-order valence-electron chi connectivity index (χ4n) is 4.29. The zero-order chi connectivity index (χ0) is 25.7. The number of ether oxygens (including phenoxy) is 1. The maximum Gasteiger partial charge on any atom is 0.285 e. The molecule has 1 heterocycles. The number of halogens is 1. The largest absolute Gasteiger partial charge is 0.493 e. The number of nitrogens with zero attached hydrogens (tertiary/aromatic N) is 2. The number of nitrogens with one attached hydrogen (secondary N) is 1. The first kappa shape index (κ1) is 26.0. The Bertz CT molecular complexity index is 1340. The van der Waals surface area contributed by atoms with Crippen LogP contribution in [0.1, 0.15) is 59.5 Å². The van der Waals surface area contributed by atoms with Gasteiger partial charge in [0.1, 0.15) is 17.3 Å². The molecule has 36 heavy (non-hydrogen) atoms. The van der Waals surface area contributed by atoms with E-state index < -0.39 is 15.9 Å². The first-order valence-electron chi connectivity index (χ1n) is 12.0. The van der Waals surface area contributed by atoms with Crippen LogP contribution in [-0.4, -0.2) is 30.5 Å². The molecule has 0 saturated heterocycles. The second-order valence-corrected chi connectivity index (χ2v) is 11.2. The quantitative estimate of drug-likeness (QED) is 0.390. The number of benzene rings is 2. The Hall–Kier alpha value is -3.10. The van der Waals surface area contributed by atoms with Crippen LogP contribution in [0, 0.1) is 12.8 Å². The van der Waals surface area contributed by atoms with Gasteiger partial charge in [0, 0.05) is 11.2 Å². The van der Waals surface area contributed by atoms with Crippen molar-refractivity contribution in [1.82, 2.24) is 14.3 Å². The SMILES string of the molecule is C=Cc1ccc(S(=O)(=O)NC(=O)c2cn(Cc3ccc(OCC4CCCCC4)cc3Cl)c(C)n2)cc1. The van der Waals surface area contributed by atoms with E-state index in [0.717, 1.165) is 16.9 Å². The normalized spacial score (nSPS) is 14.4. The lowest BCUT2D eigenvalue weighted by molar-refractivity contribution is 0.0977. The summed E-state index contributed by atoms with van der Waals surface area (Å²) in [6.45, 7) is 6.47. The highest BCUT2D eigenvalue weighted by atomic mass is 35.5. The number of carbonyl (C=O) groups excluding carboxylic acids is 1. The highest BCUT2D eigenvalue weighted by molar-refractivity contribution is 7.90. The number of sulfonamides is 1. The van der Waals surface area contributed by atoms with E-state index in [1.54, 1.807) is 29.7 Å². The van der Waals surface area contributed by atoms with Crippen molar-refractivity contribution in [2.75, 3.05) is 6.61 Å². The van der Waals surface area contributed by atoms with Crippen LogP contribution >= 0.6 is 11.6 Å². The zero-order valence-electron chi connectivity index (χ0n) is 20.2. The van der Waals surface area contributed by atoms with E-state index in [-0.39, 0.29) is 10.6 Å². The fourth-order valence-corrected chi connectivity index (χ4v) is 5.48. The molecule has 0 radical (unpaired) electrons. The van der Waals surface area contributed by atoms with Crippen molar-refractivity contribution in [2.24, 2.45) is 5.92 Å². The van der Waals surface area contributed by atoms with Crippen LogP contribution in [0.25, 0.3) is 6.08 Å². The molecule has 2 aromatic carbocycles. The van der Waals surface area contributed by atoms with Gasteiger partial charge in [0.15, 0.2) is 0 Å². The highest BCUT2D eigenvalue weighted by Crippen LogP contribution is 2.27. The van der Waals surface area contributed by atoms with Gasteiger partial charge in [0.25, 0.3) is 15.9 Å². The molecule has 1 aliphatic carbocycles. The molecule has 1 fully saturated rings. The van der Waals surface area contributed by atoms with Crippen LogP contribution in [0.4, 0.5) is 0 Å². The molecule has 1 amide bonds. The maximum absolute atomic E-state index is 12.7. The van der Waals surface area contributed by atoms with Crippen molar-refractivity contribution in [3.63, 3.8) is 0 Å². The van der Waals surface area contributed by atoms with Gasteiger partial charge >= 0.3 is 0 Å². The summed E-state index contributed by atoms with van der Waals surface area (Å²) in [4.78, 5) is 16.9. The number of rotatable bonds is 9. The lowest BCUT2D eigenvalue weighted by Gasteiger charge is -2.21. The van der Waals surface area contributed by atoms with E-state index in [9.17, 15) is 13.2 Å². The number of aromatic nitrogens is 2. The van der Waals surface area contributed by atoms with Crippen molar-refractivity contribution in [3.8, 4) is 5.75 Å². The number of imidazole rings is 1. The van der Waals surface area contributed by atoms with Crippen LogP contribution in [0.3, 0.4) is 0 Å². The smallest absolute Gasteiger partial charge is 0.285 e. The van der Waals surface area contributed by atoms with Crippen molar-refractivity contribution >= 4 is 33.6 Å². The minimum Gasteiger partial charge on any atom is -0.493 e. The molecule has 190 valence electrons. The van der Waals surface area contributed by atoms with E-state index in [0.29, 0.717) is 29.9 Å². The second-order valence-electron chi connectivity index (χ2n) is 9.08. The van der Waals surface area contributed by atoms with Gasteiger partial charge in [-0.25, -0.2) is 18.1 Å². The van der Waals surface area contributed by atoms with Crippen LogP contribution in [0.2, 0.25) is 5.02 Å². The Balaban J connectivity index is 1.40. The van der Waals surface area contributed by atoms with Gasteiger partial charge in [-0.3, -0.25) is 4.79 Å². The van der Waals surface area contributed by atoms with Gasteiger partial charge in [-0.1, -0.05) is 61.7 Å². The average Bonchev–Trinajstić information content (AvgIpc) is 3.25. The molecule has 0 spiro atoms. The number of hydrogen-bond donors (Lipinski definition) is 1. The zero-order valence-corrected chi connectivity index (χ0v) is 21.8. The molecule has 9 heteroatoms. The van der Waals surface area contributed by atoms with Crippen molar-refractivity contribution in [1.29, 1.82) is 0 Å². The summed E-state index contributed by atoms with van der Waals surface area (Å²) in [6, 6.07) is 11.7. The van der Waals surface area contributed by atoms with Gasteiger partial charge < -0.3 is 9.30 Å². The standard InChI is InChI=1S/C27H30ClN3O4S/c1-3-20-9-13-24(14-10-20)36(33,34)30-27(32)26-17-31(19(2)29-26)16-22-11-12-23(15-25(22)28)35-18-21-7-5-4-6-8-21/h3,9-15,17,21H,1,4-8,16,18H2,2H3,(H,30,32). The number of carbonyl (C=O) groups is 1. The molecular weight excluding hydrogens is 498 g/mol. The van der Waals surface area contributed by atoms with E-state index >= 15 is 0 Å². The highest BCUT2D eigenvalue weighted by Gasteiger charge is 2.21. The molecule has 7 nitrogen and oxygen atoms in total. The molecule has 1 saturated carbocycles. The lowest BCUT2D eigenvalue weighted by Crippen LogP contribution is -2.30. The molecule has 0 bridgehead atoms. The lowest BCUT2D eigenvalue weighted by atomic mass is 9.90. The van der Waals surface area contributed by atoms with Gasteiger partial charge in [-0.05, 0) is 61.1 Å². The van der Waals surface area contributed by atoms with Gasteiger partial charge in [0.2, 0.25) is 0 Å². The summed E-state index contributed by atoms with van der Waals surface area (Å²) >= 11 is 6.52. The maximum atomic E-state index is 12.7. The summed E-state index contributed by atoms with van der Waals surface area (Å²) in [5, 5.41) is 0.556. The van der Waals surface area contributed by atoms with E-state index in [2.05, 4.69) is 16.3 Å². The van der Waals surface area contributed by atoms with Gasteiger partial charge in [-0.2, -0.15) is 0 Å². The topological polar surface area (TPSA) is 90.3 Å². The fraction of sp³-hybridized carbons (Fsp3) is 0.333. The summed E-state index contributed by atoms with van der Waals surface area (Å²) < 4.78 is 35.0. The Morgan fingerprint density at radius 2 is 1.92 bits per heavy atom. The predicted molar refractivity (Wildman–Crippen MR) is 141 cm³/mol. The second kappa shape index (κ2) is 11.3. The Morgan fingerprint density at radius 1 is 1.19 bits per heavy atom. The Morgan fingerprint density at radius 3 is 2.58 bits per heavy atom. The third-order valence-electron chi connectivity index (χ3n) is 6.44. The van der Waals surface area contributed by atoms with Crippen molar-refractivity contribution < 1.29 is 17.9 Å². The van der Waals surface area contributed by atoms with Crippen molar-refractivity contribution in [3.05, 3.63) is 82.9 Å². The first-order chi connectivity index (χ1) is 17.2. The molecule has 1 aliphatic rings. The number of amides is 1. The summed E-state index contributed by atoms with van der Waals surface area (Å²) in [6.07, 6.45) is 9.40. The van der Waals surface area contributed by atoms with Crippen molar-refractivity contribution in [2.45, 2.75) is 50.5 Å². The first-order valence-corrected chi connectivity index (χ1v) is 13.9. The molecule has 3 aromatic rings. The number of hydrogen-bond acceptors (Lipinski definition) is 5. The third-order valence-corrected chi connectivity index (χ3v) is 8.14. The van der Waals surface area contributed by atoms with E-state index in [1.807, 2.05) is 18.2 Å². The van der Waals surface area contributed by atoms with Crippen LogP contribution in [0.5, 0.6) is 5.75 Å². The predicted octanol–water partition coefficient (Wildman–Crippen LogP) is 5.61. The Labute approximate surface area is 217 Å². The van der Waals surface area contributed by atoms with E-state index in [4.69, 9.17) is 16.3 Å². The Kier molecular flexibility index (Phi) is 8.16. The molecule has 0 unspecified atom stereocenters. The molecular formula is C27H30ClN3O4S. The summed E-state index contributed by atoms with van der Waals surface area (Å²) in [5.74, 6) is 1.09. The minimum absolute atomic E-state index is 0.00217. The molecule has 4 rings (SSSR count). The van der Waals surface area contributed by atoms with Crippen LogP contribution in [-0.2, 0) is 16.6 Å². The molecule has 0 aliphatic heterocycles. The van der Waals surface area contributed by atoms with Gasteiger partial charge in [0.05, 0.1) is 18.0 Å². The molecule has 1 N–H and O–H groups in total. The average molecular weight is 528 g/mol. The number of aryl methyl sites for hydroxylation is 1. The summed E-state index contributed by atoms with van der Waals surface area (Å²) in [5.41, 5.74) is 1.61. The molecule has 0 atom stereocenters. The van der Waals surface area contributed by atoms with Crippen LogP contribution in [0.15, 0.2) is 60.1 Å². The molecule has 1 aromatic heterocycles. The van der Waals surface area contributed by atoms with Crippen LogP contribution < -0.4 is 9.46 Å².